The Morgan fingerprint density at radius 2 is 1.90 bits per heavy atom. The molecule has 0 bridgehead atoms. The van der Waals surface area contributed by atoms with Crippen molar-refractivity contribution < 1.29 is 22.8 Å². The van der Waals surface area contributed by atoms with Crippen LogP contribution < -0.4 is 10.6 Å². The van der Waals surface area contributed by atoms with Gasteiger partial charge < -0.3 is 15.5 Å². The Balaban J connectivity index is 1.72. The average Bonchev–Trinajstić information content (AvgIpc) is 3.21. The first-order chi connectivity index (χ1) is 14.1. The van der Waals surface area contributed by atoms with E-state index < -0.39 is 17.8 Å². The van der Waals surface area contributed by atoms with E-state index in [4.69, 9.17) is 0 Å². The smallest absolute Gasteiger partial charge is 0.354 e. The first kappa shape index (κ1) is 21.7. The minimum atomic E-state index is -4.54. The predicted octanol–water partition coefficient (Wildman–Crippen LogP) is 3.66. The number of aromatic nitrogens is 2. The summed E-state index contributed by atoms with van der Waals surface area (Å²) in [4.78, 5) is 26.4. The molecule has 1 aliphatic rings. The van der Waals surface area contributed by atoms with E-state index in [1.165, 1.54) is 21.8 Å². The molecule has 2 aromatic rings. The molecular formula is C20H24F3N5O2. The number of likely N-dealkylation sites (tertiary alicyclic amines) is 1. The van der Waals surface area contributed by atoms with Gasteiger partial charge in [-0.2, -0.15) is 18.3 Å². The fourth-order valence-electron chi connectivity index (χ4n) is 3.36. The Bertz CT molecular complexity index is 888. The van der Waals surface area contributed by atoms with Crippen LogP contribution in [0.4, 0.5) is 23.7 Å². The number of benzene rings is 1. The molecule has 30 heavy (non-hydrogen) atoms. The van der Waals surface area contributed by atoms with Gasteiger partial charge in [-0.1, -0.05) is 0 Å². The van der Waals surface area contributed by atoms with Gasteiger partial charge in [0.1, 0.15) is 0 Å². The summed E-state index contributed by atoms with van der Waals surface area (Å²) < 4.78 is 40.9. The third-order valence-corrected chi connectivity index (χ3v) is 4.90. The van der Waals surface area contributed by atoms with Crippen molar-refractivity contribution in [3.63, 3.8) is 0 Å². The predicted molar refractivity (Wildman–Crippen MR) is 105 cm³/mol. The first-order valence-electron chi connectivity index (χ1n) is 9.72. The van der Waals surface area contributed by atoms with Crippen molar-refractivity contribution >= 4 is 17.6 Å². The molecule has 1 fully saturated rings. The molecule has 3 rings (SSSR count). The van der Waals surface area contributed by atoms with Crippen molar-refractivity contribution in [3.8, 4) is 5.69 Å². The number of piperidine rings is 1. The fourth-order valence-corrected chi connectivity index (χ4v) is 3.36. The van der Waals surface area contributed by atoms with Gasteiger partial charge in [-0.25, -0.2) is 9.48 Å². The van der Waals surface area contributed by atoms with E-state index in [1.54, 1.807) is 12.3 Å². The number of hydrogen-bond acceptors (Lipinski definition) is 3. The van der Waals surface area contributed by atoms with Crippen molar-refractivity contribution in [2.24, 2.45) is 5.92 Å². The van der Waals surface area contributed by atoms with Crippen LogP contribution in [0.5, 0.6) is 0 Å². The second kappa shape index (κ2) is 8.76. The van der Waals surface area contributed by atoms with Crippen molar-refractivity contribution in [1.29, 1.82) is 0 Å². The Labute approximate surface area is 172 Å². The van der Waals surface area contributed by atoms with Crippen LogP contribution in [0.15, 0.2) is 36.7 Å². The van der Waals surface area contributed by atoms with E-state index in [2.05, 4.69) is 15.7 Å². The third-order valence-electron chi connectivity index (χ3n) is 4.90. The second-order valence-corrected chi connectivity index (χ2v) is 7.54. The maximum Gasteiger partial charge on any atom is 0.416 e. The normalized spacial score (nSPS) is 15.3. The van der Waals surface area contributed by atoms with Crippen molar-refractivity contribution in [2.75, 3.05) is 18.4 Å². The number of rotatable bonds is 4. The lowest BCUT2D eigenvalue weighted by atomic mass is 9.96. The summed E-state index contributed by atoms with van der Waals surface area (Å²) in [6, 6.07) is 4.29. The number of halogens is 3. The van der Waals surface area contributed by atoms with E-state index in [1.807, 2.05) is 13.8 Å². The van der Waals surface area contributed by atoms with Crippen LogP contribution in [-0.4, -0.2) is 45.8 Å². The molecule has 2 heterocycles. The lowest BCUT2D eigenvalue weighted by Crippen LogP contribution is -2.45. The zero-order valence-corrected chi connectivity index (χ0v) is 16.7. The molecule has 1 saturated heterocycles. The summed E-state index contributed by atoms with van der Waals surface area (Å²) in [6.07, 6.45) is -0.460. The number of carbonyl (C=O) groups is 2. The highest BCUT2D eigenvalue weighted by atomic mass is 19.4. The summed E-state index contributed by atoms with van der Waals surface area (Å²) in [5, 5.41) is 9.49. The van der Waals surface area contributed by atoms with E-state index in [-0.39, 0.29) is 23.6 Å². The van der Waals surface area contributed by atoms with Crippen LogP contribution >= 0.6 is 0 Å². The molecule has 0 spiro atoms. The van der Waals surface area contributed by atoms with Gasteiger partial charge in [-0.15, -0.1) is 0 Å². The fraction of sp³-hybridized carbons (Fsp3) is 0.450. The quantitative estimate of drug-likeness (QED) is 0.788. The Hall–Kier alpha value is -3.04. The number of anilines is 1. The summed E-state index contributed by atoms with van der Waals surface area (Å²) in [6.45, 7) is 4.45. The highest BCUT2D eigenvalue weighted by molar-refractivity contribution is 5.92. The van der Waals surface area contributed by atoms with Crippen LogP contribution in [0.3, 0.4) is 0 Å². The van der Waals surface area contributed by atoms with Crippen LogP contribution in [0.2, 0.25) is 0 Å². The monoisotopic (exact) mass is 423 g/mol. The Morgan fingerprint density at radius 3 is 2.47 bits per heavy atom. The molecule has 7 nitrogen and oxygen atoms in total. The minimum absolute atomic E-state index is 0.0122. The molecule has 0 atom stereocenters. The van der Waals surface area contributed by atoms with Gasteiger partial charge in [0.15, 0.2) is 0 Å². The van der Waals surface area contributed by atoms with Crippen molar-refractivity contribution in [1.82, 2.24) is 20.0 Å². The molecule has 1 aromatic heterocycles. The van der Waals surface area contributed by atoms with Gasteiger partial charge in [0, 0.05) is 37.4 Å². The standard InChI is InChI=1S/C20H24F3N5O2/c1-13(2)25-18(29)14-6-10-27(11-7-14)19(30)26-16-12-15(20(21,22)23)4-5-17(16)28-9-3-8-24-28/h3-5,8-9,12-14H,6-7,10-11H2,1-2H3,(H,25,29)(H,26,30). The molecule has 162 valence electrons. The number of nitrogens with zero attached hydrogens (tertiary/aromatic N) is 3. The molecule has 0 saturated carbocycles. The largest absolute Gasteiger partial charge is 0.416 e. The average molecular weight is 423 g/mol. The van der Waals surface area contributed by atoms with Gasteiger partial charge in [0.25, 0.3) is 0 Å². The van der Waals surface area contributed by atoms with Gasteiger partial charge in [-0.3, -0.25) is 4.79 Å². The number of urea groups is 1. The van der Waals surface area contributed by atoms with E-state index >= 15 is 0 Å². The van der Waals surface area contributed by atoms with Gasteiger partial charge in [0.2, 0.25) is 5.91 Å². The number of amides is 3. The molecule has 2 N–H and O–H groups in total. The van der Waals surface area contributed by atoms with Crippen molar-refractivity contribution in [3.05, 3.63) is 42.2 Å². The lowest BCUT2D eigenvalue weighted by Gasteiger charge is -2.32. The van der Waals surface area contributed by atoms with Gasteiger partial charge in [0.05, 0.1) is 16.9 Å². The molecular weight excluding hydrogens is 399 g/mol. The molecule has 0 radical (unpaired) electrons. The first-order valence-corrected chi connectivity index (χ1v) is 9.72. The molecule has 1 aromatic carbocycles. The zero-order chi connectivity index (χ0) is 21.9. The summed E-state index contributed by atoms with van der Waals surface area (Å²) in [5.74, 6) is -0.214. The maximum atomic E-state index is 13.2. The summed E-state index contributed by atoms with van der Waals surface area (Å²) >= 11 is 0. The van der Waals surface area contributed by atoms with Crippen LogP contribution in [0, 0.1) is 5.92 Å². The Morgan fingerprint density at radius 1 is 1.20 bits per heavy atom. The molecule has 3 amide bonds. The summed E-state index contributed by atoms with van der Waals surface area (Å²) in [7, 11) is 0. The van der Waals surface area contributed by atoms with E-state index in [9.17, 15) is 22.8 Å². The number of alkyl halides is 3. The van der Waals surface area contributed by atoms with Gasteiger partial charge >= 0.3 is 12.2 Å². The van der Waals surface area contributed by atoms with E-state index in [0.717, 1.165) is 12.1 Å². The zero-order valence-electron chi connectivity index (χ0n) is 16.7. The molecule has 1 aliphatic heterocycles. The summed E-state index contributed by atoms with van der Waals surface area (Å²) in [5.41, 5.74) is -0.525. The number of nitrogens with one attached hydrogen (secondary N) is 2. The third kappa shape index (κ3) is 5.11. The SMILES string of the molecule is CC(C)NC(=O)C1CCN(C(=O)Nc2cc(C(F)(F)F)ccc2-n2cccn2)CC1. The van der Waals surface area contributed by atoms with Crippen LogP contribution in [-0.2, 0) is 11.0 Å². The molecule has 0 unspecified atom stereocenters. The maximum absolute atomic E-state index is 13.2. The highest BCUT2D eigenvalue weighted by Crippen LogP contribution is 2.33. The number of hydrogen-bond donors (Lipinski definition) is 2. The van der Waals surface area contributed by atoms with Crippen molar-refractivity contribution in [2.45, 2.75) is 38.9 Å². The van der Waals surface area contributed by atoms with E-state index in [0.29, 0.717) is 31.6 Å². The van der Waals surface area contributed by atoms with Crippen LogP contribution in [0.25, 0.3) is 5.69 Å². The molecule has 0 aliphatic carbocycles. The lowest BCUT2D eigenvalue weighted by molar-refractivity contribution is -0.137. The number of carbonyl (C=O) groups excluding carboxylic acids is 2. The van der Waals surface area contributed by atoms with Crippen LogP contribution in [0.1, 0.15) is 32.3 Å². The second-order valence-electron chi connectivity index (χ2n) is 7.54. The highest BCUT2D eigenvalue weighted by Gasteiger charge is 2.32. The van der Waals surface area contributed by atoms with Gasteiger partial charge in [-0.05, 0) is 51.0 Å². The topological polar surface area (TPSA) is 79.3 Å². The molecule has 10 heteroatoms. The minimum Gasteiger partial charge on any atom is -0.354 e. The Kier molecular flexibility index (Phi) is 6.33.